The van der Waals surface area contributed by atoms with Crippen LogP contribution in [-0.4, -0.2) is 19.9 Å². The fraction of sp³-hybridized carbons (Fsp3) is 0. The summed E-state index contributed by atoms with van der Waals surface area (Å²) >= 11 is 0. The van der Waals surface area contributed by atoms with Gasteiger partial charge in [-0.25, -0.2) is 19.9 Å². The summed E-state index contributed by atoms with van der Waals surface area (Å²) in [5, 5.41) is 14.2. The summed E-state index contributed by atoms with van der Waals surface area (Å²) < 4.78 is 0. The summed E-state index contributed by atoms with van der Waals surface area (Å²) in [6.45, 7) is 0. The molecule has 0 saturated carbocycles. The number of nitrogens with zero attached hydrogens (tertiary/aromatic N) is 4. The maximum atomic E-state index is 5.32. The van der Waals surface area contributed by atoms with Crippen molar-refractivity contribution in [3.8, 4) is 78.9 Å². The molecule has 0 fully saturated rings. The zero-order valence-electron chi connectivity index (χ0n) is 39.0. The minimum atomic E-state index is 0.690. The molecule has 0 saturated heterocycles. The van der Waals surface area contributed by atoms with Gasteiger partial charge in [-0.1, -0.05) is 218 Å². The highest BCUT2D eigenvalue weighted by molar-refractivity contribution is 6.15. The van der Waals surface area contributed by atoms with Gasteiger partial charge in [0.2, 0.25) is 0 Å². The Morgan fingerprint density at radius 3 is 0.903 bits per heavy atom. The lowest BCUT2D eigenvalue weighted by Gasteiger charge is -2.14. The van der Waals surface area contributed by atoms with E-state index in [0.717, 1.165) is 88.8 Å². The molecular formula is C68H42N4. The quantitative estimate of drug-likeness (QED) is 0.150. The molecule has 0 aliphatic heterocycles. The number of hydrogen-bond acceptors (Lipinski definition) is 4. The molecule has 2 heterocycles. The van der Waals surface area contributed by atoms with Crippen molar-refractivity contribution in [1.82, 2.24) is 19.9 Å². The van der Waals surface area contributed by atoms with E-state index in [-0.39, 0.29) is 0 Å². The van der Waals surface area contributed by atoms with E-state index in [1.165, 1.54) is 43.1 Å². The first-order valence-electron chi connectivity index (χ1n) is 24.4. The molecule has 2 aromatic heterocycles. The van der Waals surface area contributed by atoms with E-state index < -0.39 is 0 Å². The second-order valence-electron chi connectivity index (χ2n) is 18.6. The Bertz CT molecular complexity index is 4160. The van der Waals surface area contributed by atoms with Crippen LogP contribution >= 0.6 is 0 Å². The molecule has 0 amide bonds. The van der Waals surface area contributed by atoms with Gasteiger partial charge in [0.25, 0.3) is 0 Å². The summed E-state index contributed by atoms with van der Waals surface area (Å²) in [5.41, 5.74) is 11.9. The molecule has 0 atom stereocenters. The van der Waals surface area contributed by atoms with Crippen LogP contribution in [0.5, 0.6) is 0 Å². The summed E-state index contributed by atoms with van der Waals surface area (Å²) in [4.78, 5) is 21.2. The molecule has 0 spiro atoms. The molecule has 14 rings (SSSR count). The van der Waals surface area contributed by atoms with E-state index in [1.54, 1.807) is 0 Å². The van der Waals surface area contributed by atoms with E-state index in [2.05, 4.69) is 255 Å². The maximum absolute atomic E-state index is 5.32. The second-order valence-corrected chi connectivity index (χ2v) is 18.6. The van der Waals surface area contributed by atoms with Crippen molar-refractivity contribution in [3.63, 3.8) is 0 Å². The van der Waals surface area contributed by atoms with E-state index in [1.807, 2.05) is 0 Å². The lowest BCUT2D eigenvalue weighted by Crippen LogP contribution is -1.97. The van der Waals surface area contributed by atoms with Crippen molar-refractivity contribution in [1.29, 1.82) is 0 Å². The third-order valence-corrected chi connectivity index (χ3v) is 14.3. The zero-order valence-corrected chi connectivity index (χ0v) is 39.0. The molecule has 14 aromatic rings. The highest BCUT2D eigenvalue weighted by Gasteiger charge is 2.18. The average molecular weight is 915 g/mol. The standard InChI is InChI=1S/C68H42N4/c1-3-15-49-37-53(35-29-43(49)13-1)67-69-63(41-65(71-67)61-39-51-17-5-7-19-55(51)57-21-9-11-23-59(57)61)47-31-25-45(26-32-47)46-27-33-48(34-28-46)64-42-66(72-68(70-64)54-36-30-44-14-2-4-16-50(44)38-54)62-40-52-18-6-8-20-56(52)58-22-10-12-24-60(58)62/h1-42H. The predicted molar refractivity (Wildman–Crippen MR) is 301 cm³/mol. The van der Waals surface area contributed by atoms with E-state index in [4.69, 9.17) is 19.9 Å². The zero-order chi connectivity index (χ0) is 47.5. The van der Waals surface area contributed by atoms with Gasteiger partial charge in [0.1, 0.15) is 0 Å². The Morgan fingerprint density at radius 1 is 0.181 bits per heavy atom. The molecule has 72 heavy (non-hydrogen) atoms. The molecule has 0 N–H and O–H groups in total. The number of rotatable bonds is 7. The van der Waals surface area contributed by atoms with Crippen LogP contribution in [0.2, 0.25) is 0 Å². The monoisotopic (exact) mass is 914 g/mol. The van der Waals surface area contributed by atoms with Gasteiger partial charge in [-0.05, 0) is 112 Å². The van der Waals surface area contributed by atoms with Gasteiger partial charge in [-0.3, -0.25) is 0 Å². The van der Waals surface area contributed by atoms with Gasteiger partial charge in [0, 0.05) is 33.4 Å². The van der Waals surface area contributed by atoms with Crippen LogP contribution in [0, 0.1) is 0 Å². The SMILES string of the molecule is c1ccc2cc(-c3nc(-c4ccc(-c5ccc(-c6cc(-c7cc8ccccc8c8ccccc78)nc(-c7ccc8ccccc8c7)n6)cc5)cc4)cc(-c4cc5ccccc5c5ccccc45)n3)ccc2c1. The first-order chi connectivity index (χ1) is 35.6. The predicted octanol–water partition coefficient (Wildman–Crippen LogP) is 17.9. The van der Waals surface area contributed by atoms with Crippen LogP contribution in [-0.2, 0) is 0 Å². The van der Waals surface area contributed by atoms with Crippen molar-refractivity contribution < 1.29 is 0 Å². The van der Waals surface area contributed by atoms with E-state index in [9.17, 15) is 0 Å². The Labute approximate surface area is 416 Å². The largest absolute Gasteiger partial charge is 0.228 e. The van der Waals surface area contributed by atoms with Gasteiger partial charge >= 0.3 is 0 Å². The fourth-order valence-corrected chi connectivity index (χ4v) is 10.6. The average Bonchev–Trinajstić information content (AvgIpc) is 3.46. The van der Waals surface area contributed by atoms with Crippen LogP contribution < -0.4 is 0 Å². The number of benzene rings is 12. The molecule has 0 unspecified atom stereocenters. The Hall–Kier alpha value is -9.64. The van der Waals surface area contributed by atoms with Crippen molar-refractivity contribution in [2.75, 3.05) is 0 Å². The van der Waals surface area contributed by atoms with Gasteiger partial charge in [0.05, 0.1) is 22.8 Å². The lowest BCUT2D eigenvalue weighted by molar-refractivity contribution is 1.19. The lowest BCUT2D eigenvalue weighted by atomic mass is 9.94. The molecule has 12 aromatic carbocycles. The molecule has 0 bridgehead atoms. The summed E-state index contributed by atoms with van der Waals surface area (Å²) in [6, 6.07) is 90.7. The van der Waals surface area contributed by atoms with Gasteiger partial charge in [0.15, 0.2) is 11.6 Å². The number of hydrogen-bond donors (Lipinski definition) is 0. The summed E-state index contributed by atoms with van der Waals surface area (Å²) in [5.74, 6) is 1.38. The first kappa shape index (κ1) is 41.3. The van der Waals surface area contributed by atoms with Crippen LogP contribution in [0.3, 0.4) is 0 Å². The van der Waals surface area contributed by atoms with Gasteiger partial charge in [-0.15, -0.1) is 0 Å². The number of aromatic nitrogens is 4. The summed E-state index contributed by atoms with van der Waals surface area (Å²) in [7, 11) is 0. The van der Waals surface area contributed by atoms with Crippen LogP contribution in [0.4, 0.5) is 0 Å². The normalized spacial score (nSPS) is 11.6. The van der Waals surface area contributed by atoms with Gasteiger partial charge in [-0.2, -0.15) is 0 Å². The third kappa shape index (κ3) is 7.33. The highest BCUT2D eigenvalue weighted by Crippen LogP contribution is 2.39. The number of fused-ring (bicyclic) bond motifs is 8. The molecule has 4 nitrogen and oxygen atoms in total. The third-order valence-electron chi connectivity index (χ3n) is 14.3. The Morgan fingerprint density at radius 2 is 0.486 bits per heavy atom. The fourth-order valence-electron chi connectivity index (χ4n) is 10.6. The summed E-state index contributed by atoms with van der Waals surface area (Å²) in [6.07, 6.45) is 0. The molecule has 0 aliphatic carbocycles. The maximum Gasteiger partial charge on any atom is 0.160 e. The van der Waals surface area contributed by atoms with E-state index >= 15 is 0 Å². The van der Waals surface area contributed by atoms with Crippen LogP contribution in [0.25, 0.3) is 144 Å². The highest BCUT2D eigenvalue weighted by atomic mass is 14.9. The molecule has 0 radical (unpaired) electrons. The molecule has 4 heteroatoms. The van der Waals surface area contributed by atoms with Crippen molar-refractivity contribution in [2.45, 2.75) is 0 Å². The second kappa shape index (κ2) is 17.1. The Balaban J connectivity index is 0.851. The van der Waals surface area contributed by atoms with Crippen molar-refractivity contribution in [2.24, 2.45) is 0 Å². The minimum absolute atomic E-state index is 0.690. The van der Waals surface area contributed by atoms with Gasteiger partial charge < -0.3 is 0 Å². The molecular weight excluding hydrogens is 873 g/mol. The van der Waals surface area contributed by atoms with Crippen molar-refractivity contribution >= 4 is 64.6 Å². The first-order valence-corrected chi connectivity index (χ1v) is 24.4. The van der Waals surface area contributed by atoms with E-state index in [0.29, 0.717) is 11.6 Å². The Kier molecular flexibility index (Phi) is 9.82. The smallest absolute Gasteiger partial charge is 0.160 e. The molecule has 0 aliphatic rings. The van der Waals surface area contributed by atoms with Crippen molar-refractivity contribution in [3.05, 3.63) is 255 Å². The topological polar surface area (TPSA) is 51.6 Å². The van der Waals surface area contributed by atoms with Crippen LogP contribution in [0.1, 0.15) is 0 Å². The van der Waals surface area contributed by atoms with Crippen LogP contribution in [0.15, 0.2) is 255 Å². The minimum Gasteiger partial charge on any atom is -0.228 e. The molecule has 334 valence electrons.